The number of hydrogen-bond donors (Lipinski definition) is 0. The summed E-state index contributed by atoms with van der Waals surface area (Å²) < 4.78 is 4.37. The van der Waals surface area contributed by atoms with Crippen LogP contribution in [0, 0.1) is 12.1 Å². The third-order valence-electron chi connectivity index (χ3n) is 7.32. The summed E-state index contributed by atoms with van der Waals surface area (Å²) >= 11 is 1.73. The summed E-state index contributed by atoms with van der Waals surface area (Å²) in [6, 6.07) is 32.7. The van der Waals surface area contributed by atoms with Gasteiger partial charge in [0.25, 0.3) is 0 Å². The molecule has 0 atom stereocenters. The van der Waals surface area contributed by atoms with Gasteiger partial charge in [-0.2, -0.15) is 23.8 Å². The predicted molar refractivity (Wildman–Crippen MR) is 154 cm³/mol. The molecule has 0 radical (unpaired) electrons. The molecule has 38 heavy (non-hydrogen) atoms. The van der Waals surface area contributed by atoms with E-state index in [9.17, 15) is 0 Å². The molecule has 0 amide bonds. The molecule has 3 aromatic heterocycles. The number of fused-ring (bicyclic) bond motifs is 2. The zero-order valence-electron chi connectivity index (χ0n) is 22.0. The summed E-state index contributed by atoms with van der Waals surface area (Å²) in [6.07, 6.45) is 3.97. The van der Waals surface area contributed by atoms with Gasteiger partial charge in [-0.3, -0.25) is 9.97 Å². The molecule has 4 nitrogen and oxygen atoms in total. The second-order valence-electron chi connectivity index (χ2n) is 9.90. The van der Waals surface area contributed by atoms with E-state index >= 15 is 0 Å². The van der Waals surface area contributed by atoms with Gasteiger partial charge < -0.3 is 9.13 Å². The van der Waals surface area contributed by atoms with Gasteiger partial charge in [-0.1, -0.05) is 54.6 Å². The fourth-order valence-corrected chi connectivity index (χ4v) is 5.68. The van der Waals surface area contributed by atoms with E-state index in [4.69, 9.17) is 4.98 Å². The number of pyridine rings is 1. The number of imidazole rings is 1. The Labute approximate surface area is 242 Å². The average Bonchev–Trinajstić information content (AvgIpc) is 3.45. The maximum absolute atomic E-state index is 4.94. The van der Waals surface area contributed by atoms with E-state index in [-0.39, 0.29) is 26.5 Å². The predicted octanol–water partition coefficient (Wildman–Crippen LogP) is 7.44. The largest absolute Gasteiger partial charge is 2.00 e. The monoisotopic (exact) mass is 695 g/mol. The van der Waals surface area contributed by atoms with Crippen molar-refractivity contribution in [3.8, 4) is 22.6 Å². The van der Waals surface area contributed by atoms with Crippen molar-refractivity contribution in [2.45, 2.75) is 24.2 Å². The molecule has 0 aliphatic rings. The van der Waals surface area contributed by atoms with Crippen LogP contribution in [0.1, 0.15) is 25.1 Å². The Hall–Kier alpha value is -3.14. The molecule has 6 heteroatoms. The quantitative estimate of drug-likeness (QED) is 0.139. The Morgan fingerprint density at radius 1 is 0.816 bits per heavy atom. The first-order valence-corrected chi connectivity index (χ1v) is 13.6. The number of rotatable bonds is 5. The van der Waals surface area contributed by atoms with Crippen LogP contribution in [0.15, 0.2) is 83.9 Å². The second kappa shape index (κ2) is 10.2. The van der Waals surface area contributed by atoms with Crippen molar-refractivity contribution in [3.05, 3.63) is 102 Å². The van der Waals surface area contributed by atoms with Crippen LogP contribution in [0.25, 0.3) is 44.6 Å². The molecule has 192 valence electrons. The van der Waals surface area contributed by atoms with E-state index in [2.05, 4.69) is 121 Å². The van der Waals surface area contributed by atoms with Crippen LogP contribution in [0.3, 0.4) is 0 Å². The SMILES string of the molecule is CSc1cc(-c2nc3ccccc3n2C)[c-]c(-c2[c-]c3c(C(C)(C)c4ccccn4)cccc3n2C)c1.[Pt+2]. The summed E-state index contributed by atoms with van der Waals surface area (Å²) in [4.78, 5) is 10.8. The molecule has 0 aliphatic carbocycles. The third-order valence-corrected chi connectivity index (χ3v) is 8.03. The molecule has 3 heterocycles. The van der Waals surface area contributed by atoms with E-state index in [1.807, 2.05) is 18.3 Å². The minimum Gasteiger partial charge on any atom is -0.431 e. The fraction of sp³-hybridized carbons (Fsp3) is 0.188. The summed E-state index contributed by atoms with van der Waals surface area (Å²) in [6.45, 7) is 4.46. The molecule has 0 unspecified atom stereocenters. The Morgan fingerprint density at radius 2 is 1.55 bits per heavy atom. The van der Waals surface area contributed by atoms with Crippen LogP contribution < -0.4 is 0 Å². The Bertz CT molecular complexity index is 1770. The first-order valence-electron chi connectivity index (χ1n) is 12.3. The van der Waals surface area contributed by atoms with Gasteiger partial charge >= 0.3 is 21.1 Å². The number of para-hydroxylation sites is 2. The molecule has 0 saturated carbocycles. The molecule has 6 rings (SSSR count). The van der Waals surface area contributed by atoms with Crippen molar-refractivity contribution >= 4 is 33.7 Å². The second-order valence-corrected chi connectivity index (χ2v) is 10.8. The molecule has 0 fully saturated rings. The molecule has 0 bridgehead atoms. The number of nitrogens with zero attached hydrogens (tertiary/aromatic N) is 4. The Balaban J connectivity index is 0.00000294. The van der Waals surface area contributed by atoms with Crippen molar-refractivity contribution in [1.82, 2.24) is 19.1 Å². The topological polar surface area (TPSA) is 35.6 Å². The Kier molecular flexibility index (Phi) is 7.11. The van der Waals surface area contributed by atoms with Gasteiger partial charge in [0.05, 0.1) is 16.9 Å². The van der Waals surface area contributed by atoms with E-state index in [1.165, 1.54) is 10.5 Å². The number of aryl methyl sites for hydroxylation is 2. The minimum atomic E-state index is -0.265. The number of hydrogen-bond acceptors (Lipinski definition) is 3. The normalized spacial score (nSPS) is 11.7. The molecule has 0 N–H and O–H groups in total. The standard InChI is InChI=1S/C32H28N4S.Pt/c1-32(2,30-15-8-9-16-33-30)25-11-10-14-27-24(25)20-29(35(27)3)21-17-22(19-23(18-21)37-5)31-34-26-12-6-7-13-28(26)36(31)4;/h6-16,18-19H,1-5H3;/q-2;+2. The van der Waals surface area contributed by atoms with Gasteiger partial charge in [-0.05, 0) is 48.5 Å². The van der Waals surface area contributed by atoms with Crippen molar-refractivity contribution in [3.63, 3.8) is 0 Å². The van der Waals surface area contributed by atoms with Crippen LogP contribution in [-0.4, -0.2) is 25.4 Å². The molecule has 0 aliphatic heterocycles. The fourth-order valence-electron chi connectivity index (χ4n) is 5.21. The maximum Gasteiger partial charge on any atom is 2.00 e. The van der Waals surface area contributed by atoms with Gasteiger partial charge in [0, 0.05) is 18.9 Å². The van der Waals surface area contributed by atoms with Crippen LogP contribution in [0.4, 0.5) is 0 Å². The molecule has 0 saturated heterocycles. The molecular formula is C32H28N4PtS. The Morgan fingerprint density at radius 3 is 2.29 bits per heavy atom. The first kappa shape index (κ1) is 26.5. The van der Waals surface area contributed by atoms with E-state index in [0.29, 0.717) is 0 Å². The minimum absolute atomic E-state index is 0. The average molecular weight is 696 g/mol. The van der Waals surface area contributed by atoms with Crippen molar-refractivity contribution in [1.29, 1.82) is 0 Å². The van der Waals surface area contributed by atoms with Crippen molar-refractivity contribution in [2.24, 2.45) is 14.1 Å². The maximum atomic E-state index is 4.94. The zero-order valence-corrected chi connectivity index (χ0v) is 25.1. The molecular weight excluding hydrogens is 668 g/mol. The number of aromatic nitrogens is 4. The van der Waals surface area contributed by atoms with Gasteiger partial charge in [0.1, 0.15) is 0 Å². The van der Waals surface area contributed by atoms with Crippen molar-refractivity contribution in [2.75, 3.05) is 6.26 Å². The van der Waals surface area contributed by atoms with Gasteiger partial charge in [-0.15, -0.1) is 40.5 Å². The van der Waals surface area contributed by atoms with Gasteiger partial charge in [0.2, 0.25) is 0 Å². The molecule has 3 aromatic carbocycles. The number of thioether (sulfide) groups is 1. The summed E-state index contributed by atoms with van der Waals surface area (Å²) in [5.74, 6) is 0.911. The summed E-state index contributed by atoms with van der Waals surface area (Å²) in [7, 11) is 4.18. The van der Waals surface area contributed by atoms with Crippen LogP contribution >= 0.6 is 11.8 Å². The summed E-state index contributed by atoms with van der Waals surface area (Å²) in [5, 5.41) is 1.11. The summed E-state index contributed by atoms with van der Waals surface area (Å²) in [5.41, 5.74) is 8.23. The zero-order chi connectivity index (χ0) is 25.7. The molecule has 0 spiro atoms. The van der Waals surface area contributed by atoms with Crippen molar-refractivity contribution < 1.29 is 21.1 Å². The van der Waals surface area contributed by atoms with Gasteiger partial charge in [0.15, 0.2) is 0 Å². The van der Waals surface area contributed by atoms with E-state index < -0.39 is 0 Å². The first-order chi connectivity index (χ1) is 17.9. The third kappa shape index (κ3) is 4.32. The molecule has 6 aromatic rings. The van der Waals surface area contributed by atoms with E-state index in [0.717, 1.165) is 50.3 Å². The van der Waals surface area contributed by atoms with Gasteiger partial charge in [-0.25, -0.2) is 0 Å². The van der Waals surface area contributed by atoms with E-state index in [1.54, 1.807) is 11.8 Å². The van der Waals surface area contributed by atoms with Crippen LogP contribution in [0.5, 0.6) is 0 Å². The number of benzene rings is 3. The van der Waals surface area contributed by atoms with Crippen LogP contribution in [0.2, 0.25) is 0 Å². The van der Waals surface area contributed by atoms with Crippen LogP contribution in [-0.2, 0) is 40.6 Å². The smallest absolute Gasteiger partial charge is 0.431 e.